The minimum Gasteiger partial charge on any atom is -0.456 e. The van der Waals surface area contributed by atoms with Crippen molar-refractivity contribution in [1.82, 2.24) is 19.9 Å². The molecule has 8 aromatic carbocycles. The first-order chi connectivity index (χ1) is 25.7. The van der Waals surface area contributed by atoms with Crippen molar-refractivity contribution < 1.29 is 8.83 Å². The fourth-order valence-corrected chi connectivity index (χ4v) is 7.45. The third-order valence-electron chi connectivity index (χ3n) is 9.92. The lowest BCUT2D eigenvalue weighted by Crippen LogP contribution is -2.01. The van der Waals surface area contributed by atoms with E-state index in [2.05, 4.69) is 103 Å². The molecular formula is C46H26N4O2. The van der Waals surface area contributed by atoms with Crippen LogP contribution in [0.1, 0.15) is 0 Å². The van der Waals surface area contributed by atoms with Gasteiger partial charge in [-0.1, -0.05) is 115 Å². The zero-order valence-electron chi connectivity index (χ0n) is 27.6. The van der Waals surface area contributed by atoms with Crippen molar-refractivity contribution in [3.63, 3.8) is 0 Å². The highest BCUT2D eigenvalue weighted by molar-refractivity contribution is 6.15. The molecule has 0 N–H and O–H groups in total. The maximum absolute atomic E-state index is 6.46. The van der Waals surface area contributed by atoms with E-state index in [9.17, 15) is 0 Å². The Hall–Kier alpha value is -7.18. The Kier molecular flexibility index (Phi) is 6.15. The van der Waals surface area contributed by atoms with E-state index in [0.717, 1.165) is 71.1 Å². The molecule has 3 heterocycles. The molecule has 0 aliphatic rings. The molecule has 0 aliphatic carbocycles. The van der Waals surface area contributed by atoms with Gasteiger partial charge in [0.1, 0.15) is 16.7 Å². The summed E-state index contributed by atoms with van der Waals surface area (Å²) in [5, 5.41) is 8.65. The van der Waals surface area contributed by atoms with Gasteiger partial charge in [-0.15, -0.1) is 0 Å². The number of furan rings is 1. The molecule has 6 heteroatoms. The van der Waals surface area contributed by atoms with Crippen LogP contribution in [0.25, 0.3) is 111 Å². The Morgan fingerprint density at radius 2 is 1.06 bits per heavy atom. The molecule has 0 bridgehead atoms. The second-order valence-electron chi connectivity index (χ2n) is 13.0. The van der Waals surface area contributed by atoms with E-state index in [1.54, 1.807) is 0 Å². The molecule has 0 radical (unpaired) electrons. The monoisotopic (exact) mass is 666 g/mol. The van der Waals surface area contributed by atoms with Crippen LogP contribution in [0, 0.1) is 0 Å². The highest BCUT2D eigenvalue weighted by Gasteiger charge is 2.21. The number of hydrogen-bond donors (Lipinski definition) is 0. The summed E-state index contributed by atoms with van der Waals surface area (Å²) in [6.07, 6.45) is 0. The third kappa shape index (κ3) is 4.51. The SMILES string of the molecule is c1ccc(-c2nc3cc4c(cc3o2)oc2cccc(-c3nc(-c5ccc6ccccc6c5)nc(-c5cc6ccccc6c6ccccc56)n3)c24)cc1. The minimum absolute atomic E-state index is 0.559. The van der Waals surface area contributed by atoms with Crippen LogP contribution in [-0.2, 0) is 0 Å². The second kappa shape index (κ2) is 11.2. The van der Waals surface area contributed by atoms with Crippen molar-refractivity contribution >= 4 is 65.4 Å². The molecule has 0 saturated heterocycles. The number of rotatable bonds is 4. The highest BCUT2D eigenvalue weighted by atomic mass is 16.4. The fraction of sp³-hybridized carbons (Fsp3) is 0. The van der Waals surface area contributed by atoms with Crippen molar-refractivity contribution in [3.8, 4) is 45.6 Å². The smallest absolute Gasteiger partial charge is 0.227 e. The predicted molar refractivity (Wildman–Crippen MR) is 209 cm³/mol. The molecule has 0 unspecified atom stereocenters. The predicted octanol–water partition coefficient (Wildman–Crippen LogP) is 12.0. The third-order valence-corrected chi connectivity index (χ3v) is 9.92. The van der Waals surface area contributed by atoms with Gasteiger partial charge in [0.15, 0.2) is 23.1 Å². The molecular weight excluding hydrogens is 641 g/mol. The average molecular weight is 667 g/mol. The van der Waals surface area contributed by atoms with E-state index in [4.69, 9.17) is 28.8 Å². The van der Waals surface area contributed by atoms with Crippen LogP contribution in [0.15, 0.2) is 167 Å². The summed E-state index contributed by atoms with van der Waals surface area (Å²) in [5.41, 5.74) is 6.47. The molecule has 52 heavy (non-hydrogen) atoms. The van der Waals surface area contributed by atoms with Gasteiger partial charge in [0, 0.05) is 39.1 Å². The largest absolute Gasteiger partial charge is 0.456 e. The molecule has 0 atom stereocenters. The molecule has 0 saturated carbocycles. The molecule has 0 amide bonds. The van der Waals surface area contributed by atoms with Crippen molar-refractivity contribution in [1.29, 1.82) is 0 Å². The molecule has 0 spiro atoms. The van der Waals surface area contributed by atoms with E-state index in [1.165, 1.54) is 5.39 Å². The molecule has 6 nitrogen and oxygen atoms in total. The van der Waals surface area contributed by atoms with Crippen molar-refractivity contribution in [2.75, 3.05) is 0 Å². The summed E-state index contributed by atoms with van der Waals surface area (Å²) in [5.74, 6) is 2.33. The first-order valence-electron chi connectivity index (χ1n) is 17.2. The van der Waals surface area contributed by atoms with Crippen LogP contribution in [0.3, 0.4) is 0 Å². The van der Waals surface area contributed by atoms with Gasteiger partial charge >= 0.3 is 0 Å². The Morgan fingerprint density at radius 1 is 0.346 bits per heavy atom. The van der Waals surface area contributed by atoms with Gasteiger partial charge in [-0.25, -0.2) is 19.9 Å². The van der Waals surface area contributed by atoms with Gasteiger partial charge in [-0.05, 0) is 68.7 Å². The lowest BCUT2D eigenvalue weighted by Gasteiger charge is -2.13. The zero-order valence-corrected chi connectivity index (χ0v) is 27.6. The van der Waals surface area contributed by atoms with Gasteiger partial charge in [-0.3, -0.25) is 0 Å². The lowest BCUT2D eigenvalue weighted by molar-refractivity contribution is 0.617. The average Bonchev–Trinajstić information content (AvgIpc) is 3.80. The summed E-state index contributed by atoms with van der Waals surface area (Å²) in [6.45, 7) is 0. The van der Waals surface area contributed by atoms with Gasteiger partial charge in [0.05, 0.1) is 0 Å². The van der Waals surface area contributed by atoms with Gasteiger partial charge in [-0.2, -0.15) is 0 Å². The Balaban J connectivity index is 1.18. The van der Waals surface area contributed by atoms with Crippen LogP contribution < -0.4 is 0 Å². The summed E-state index contributed by atoms with van der Waals surface area (Å²) < 4.78 is 12.7. The molecule has 0 aliphatic heterocycles. The molecule has 11 rings (SSSR count). The minimum atomic E-state index is 0.559. The van der Waals surface area contributed by atoms with Crippen molar-refractivity contribution in [2.24, 2.45) is 0 Å². The maximum Gasteiger partial charge on any atom is 0.227 e. The number of benzene rings is 8. The number of nitrogens with zero attached hydrogens (tertiary/aromatic N) is 4. The van der Waals surface area contributed by atoms with E-state index >= 15 is 0 Å². The van der Waals surface area contributed by atoms with Crippen LogP contribution in [0.2, 0.25) is 0 Å². The Bertz CT molecular complexity index is 3200. The number of hydrogen-bond acceptors (Lipinski definition) is 6. The summed E-state index contributed by atoms with van der Waals surface area (Å²) in [7, 11) is 0. The van der Waals surface area contributed by atoms with Gasteiger partial charge in [0.2, 0.25) is 5.89 Å². The van der Waals surface area contributed by atoms with E-state index in [-0.39, 0.29) is 0 Å². The Labute approximate surface area is 296 Å². The maximum atomic E-state index is 6.46. The fourth-order valence-electron chi connectivity index (χ4n) is 7.45. The topological polar surface area (TPSA) is 77.8 Å². The van der Waals surface area contributed by atoms with E-state index in [1.807, 2.05) is 54.6 Å². The molecule has 0 fully saturated rings. The summed E-state index contributed by atoms with van der Waals surface area (Å²) in [6, 6.07) is 53.7. The first-order valence-corrected chi connectivity index (χ1v) is 17.2. The lowest BCUT2D eigenvalue weighted by atomic mass is 9.96. The van der Waals surface area contributed by atoms with Crippen molar-refractivity contribution in [3.05, 3.63) is 158 Å². The van der Waals surface area contributed by atoms with Crippen LogP contribution in [0.4, 0.5) is 0 Å². The zero-order chi connectivity index (χ0) is 34.2. The quantitative estimate of drug-likeness (QED) is 0.174. The first kappa shape index (κ1) is 28.6. The normalized spacial score (nSPS) is 11.8. The molecule has 242 valence electrons. The Morgan fingerprint density at radius 3 is 1.92 bits per heavy atom. The van der Waals surface area contributed by atoms with Crippen molar-refractivity contribution in [2.45, 2.75) is 0 Å². The molecule has 3 aromatic heterocycles. The summed E-state index contributed by atoms with van der Waals surface area (Å²) >= 11 is 0. The van der Waals surface area contributed by atoms with Crippen LogP contribution in [0.5, 0.6) is 0 Å². The summed E-state index contributed by atoms with van der Waals surface area (Å²) in [4.78, 5) is 20.5. The highest BCUT2D eigenvalue weighted by Crippen LogP contribution is 2.40. The number of fused-ring (bicyclic) bond motifs is 8. The second-order valence-corrected chi connectivity index (χ2v) is 13.0. The molecule has 11 aromatic rings. The number of aromatic nitrogens is 4. The van der Waals surface area contributed by atoms with Gasteiger partial charge < -0.3 is 8.83 Å². The van der Waals surface area contributed by atoms with Crippen LogP contribution in [-0.4, -0.2) is 19.9 Å². The van der Waals surface area contributed by atoms with Crippen LogP contribution >= 0.6 is 0 Å². The number of oxazole rings is 1. The van der Waals surface area contributed by atoms with E-state index in [0.29, 0.717) is 34.5 Å². The van der Waals surface area contributed by atoms with E-state index < -0.39 is 0 Å². The standard InChI is InChI=1S/C46H26N4O2/c1-2-12-28(13-3-1)46-47-38-25-37-40(26-41(38)52-46)51-39-20-10-19-35(42(37)39)44-48-43(31-22-21-27-11-4-5-14-29(27)23-31)49-45(50-44)36-24-30-15-6-7-16-32(30)33-17-8-9-18-34(33)36/h1-26H. The van der Waals surface area contributed by atoms with Gasteiger partial charge in [0.25, 0.3) is 0 Å².